The molecule has 0 bridgehead atoms. The number of rotatable bonds is 4. The number of halogens is 1. The van der Waals surface area contributed by atoms with Crippen molar-refractivity contribution in [1.82, 2.24) is 4.90 Å². The summed E-state index contributed by atoms with van der Waals surface area (Å²) in [5.41, 5.74) is 0.160. The van der Waals surface area contributed by atoms with Crippen LogP contribution in [0.15, 0.2) is 24.3 Å². The smallest absolute Gasteiger partial charge is 0.409 e. The molecule has 0 saturated carbocycles. The van der Waals surface area contributed by atoms with E-state index >= 15 is 0 Å². The van der Waals surface area contributed by atoms with Crippen LogP contribution in [-0.2, 0) is 9.53 Å². The van der Waals surface area contributed by atoms with Gasteiger partial charge in [-0.05, 0) is 18.6 Å². The molecule has 1 aliphatic rings. The first kappa shape index (κ1) is 13.3. The van der Waals surface area contributed by atoms with Crippen LogP contribution >= 0.6 is 0 Å². The van der Waals surface area contributed by atoms with E-state index < -0.39 is 5.82 Å². The first-order valence-corrected chi connectivity index (χ1v) is 6.02. The largest absolute Gasteiger partial charge is 0.444 e. The molecule has 1 unspecified atom stereocenters. The summed E-state index contributed by atoms with van der Waals surface area (Å²) >= 11 is 0. The molecule has 2 amide bonds. The Hall–Kier alpha value is -2.11. The third-order valence-electron chi connectivity index (χ3n) is 2.90. The van der Waals surface area contributed by atoms with Gasteiger partial charge in [0.1, 0.15) is 11.9 Å². The average molecular weight is 266 g/mol. The Morgan fingerprint density at radius 2 is 2.26 bits per heavy atom. The van der Waals surface area contributed by atoms with Crippen molar-refractivity contribution >= 4 is 17.7 Å². The lowest BCUT2D eigenvalue weighted by Crippen LogP contribution is -2.20. The number of carbonyl (C=O) groups excluding carboxylic acids is 2. The molecule has 6 heteroatoms. The van der Waals surface area contributed by atoms with Crippen LogP contribution < -0.4 is 5.32 Å². The maximum Gasteiger partial charge on any atom is 0.409 e. The number of amides is 2. The van der Waals surface area contributed by atoms with E-state index in [2.05, 4.69) is 5.32 Å². The SMILES string of the molecule is CN1CC(CCC(=O)Nc2ccccc2F)OC1=O. The van der Waals surface area contributed by atoms with Gasteiger partial charge in [-0.25, -0.2) is 9.18 Å². The van der Waals surface area contributed by atoms with Crippen LogP contribution in [0.25, 0.3) is 0 Å². The van der Waals surface area contributed by atoms with Gasteiger partial charge >= 0.3 is 6.09 Å². The summed E-state index contributed by atoms with van der Waals surface area (Å²) in [5, 5.41) is 2.49. The molecule has 1 N–H and O–H groups in total. The van der Waals surface area contributed by atoms with E-state index in [1.54, 1.807) is 19.2 Å². The lowest BCUT2D eigenvalue weighted by molar-refractivity contribution is -0.116. The van der Waals surface area contributed by atoms with Crippen LogP contribution in [0.2, 0.25) is 0 Å². The lowest BCUT2D eigenvalue weighted by atomic mass is 10.2. The van der Waals surface area contributed by atoms with Crippen LogP contribution in [0.4, 0.5) is 14.9 Å². The van der Waals surface area contributed by atoms with Gasteiger partial charge in [-0.1, -0.05) is 12.1 Å². The fourth-order valence-electron chi connectivity index (χ4n) is 1.87. The van der Waals surface area contributed by atoms with Gasteiger partial charge in [-0.3, -0.25) is 4.79 Å². The second-order valence-corrected chi connectivity index (χ2v) is 4.45. The minimum atomic E-state index is -0.470. The van der Waals surface area contributed by atoms with Gasteiger partial charge in [-0.2, -0.15) is 0 Å². The Labute approximate surface area is 110 Å². The molecule has 1 aromatic rings. The molecule has 0 aliphatic carbocycles. The van der Waals surface area contributed by atoms with Gasteiger partial charge in [0.25, 0.3) is 0 Å². The van der Waals surface area contributed by atoms with Gasteiger partial charge in [0.15, 0.2) is 0 Å². The third kappa shape index (κ3) is 3.43. The van der Waals surface area contributed by atoms with E-state index in [9.17, 15) is 14.0 Å². The molecule has 0 aromatic heterocycles. The maximum atomic E-state index is 13.3. The van der Waals surface area contributed by atoms with Gasteiger partial charge in [0.2, 0.25) is 5.91 Å². The number of nitrogens with zero attached hydrogens (tertiary/aromatic N) is 1. The van der Waals surface area contributed by atoms with Gasteiger partial charge in [0, 0.05) is 13.5 Å². The summed E-state index contributed by atoms with van der Waals surface area (Å²) in [6.07, 6.45) is -0.0420. The second-order valence-electron chi connectivity index (χ2n) is 4.45. The molecule has 1 aromatic carbocycles. The summed E-state index contributed by atoms with van der Waals surface area (Å²) in [6.45, 7) is 0.478. The van der Waals surface area contributed by atoms with E-state index in [1.807, 2.05) is 0 Å². The minimum Gasteiger partial charge on any atom is -0.444 e. The first-order chi connectivity index (χ1) is 9.06. The van der Waals surface area contributed by atoms with E-state index in [-0.39, 0.29) is 30.2 Å². The first-order valence-electron chi connectivity index (χ1n) is 6.02. The average Bonchev–Trinajstić information content (AvgIpc) is 2.69. The molecule has 1 saturated heterocycles. The normalized spacial score (nSPS) is 18.3. The Bertz CT molecular complexity index is 493. The number of likely N-dealkylation sites (N-methyl/N-ethyl adjacent to an activating group) is 1. The van der Waals surface area contributed by atoms with E-state index in [4.69, 9.17) is 4.74 Å². The summed E-state index contributed by atoms with van der Waals surface area (Å²) in [5.74, 6) is -0.765. The summed E-state index contributed by atoms with van der Waals surface area (Å²) in [4.78, 5) is 24.2. The highest BCUT2D eigenvalue weighted by molar-refractivity contribution is 5.90. The van der Waals surface area contributed by atoms with Crippen molar-refractivity contribution < 1.29 is 18.7 Å². The Balaban J connectivity index is 1.80. The van der Waals surface area contributed by atoms with Crippen LogP contribution in [0.5, 0.6) is 0 Å². The number of hydrogen-bond acceptors (Lipinski definition) is 3. The zero-order valence-electron chi connectivity index (χ0n) is 10.6. The third-order valence-corrected chi connectivity index (χ3v) is 2.90. The highest BCUT2D eigenvalue weighted by Crippen LogP contribution is 2.16. The number of carbonyl (C=O) groups is 2. The number of hydrogen-bond donors (Lipinski definition) is 1. The van der Waals surface area contributed by atoms with Crippen molar-refractivity contribution in [3.8, 4) is 0 Å². The number of benzene rings is 1. The predicted molar refractivity (Wildman–Crippen MR) is 67.2 cm³/mol. The van der Waals surface area contributed by atoms with E-state index in [0.29, 0.717) is 13.0 Å². The standard InChI is InChI=1S/C13H15FN2O3/c1-16-8-9(19-13(16)18)6-7-12(17)15-11-5-3-2-4-10(11)14/h2-5,9H,6-8H2,1H3,(H,15,17). The molecular weight excluding hydrogens is 251 g/mol. The summed E-state index contributed by atoms with van der Waals surface area (Å²) in [6, 6.07) is 5.98. The van der Waals surface area contributed by atoms with Crippen LogP contribution in [0.1, 0.15) is 12.8 Å². The second kappa shape index (κ2) is 5.69. The van der Waals surface area contributed by atoms with Crippen LogP contribution in [0.3, 0.4) is 0 Å². The van der Waals surface area contributed by atoms with Crippen molar-refractivity contribution in [3.63, 3.8) is 0 Å². The van der Waals surface area contributed by atoms with Gasteiger partial charge in [0.05, 0.1) is 12.2 Å². The minimum absolute atomic E-state index is 0.160. The van der Waals surface area contributed by atoms with Crippen molar-refractivity contribution in [3.05, 3.63) is 30.1 Å². The van der Waals surface area contributed by atoms with Gasteiger partial charge < -0.3 is 15.0 Å². The lowest BCUT2D eigenvalue weighted by Gasteiger charge is -2.09. The fraction of sp³-hybridized carbons (Fsp3) is 0.385. The molecule has 102 valence electrons. The highest BCUT2D eigenvalue weighted by atomic mass is 19.1. The Morgan fingerprint density at radius 1 is 1.53 bits per heavy atom. The topological polar surface area (TPSA) is 58.6 Å². The zero-order valence-corrected chi connectivity index (χ0v) is 10.6. The number of cyclic esters (lactones) is 1. The van der Waals surface area contributed by atoms with Crippen molar-refractivity contribution in [2.45, 2.75) is 18.9 Å². The maximum absolute atomic E-state index is 13.3. The molecule has 0 radical (unpaired) electrons. The summed E-state index contributed by atoms with van der Waals surface area (Å²) in [7, 11) is 1.64. The molecule has 1 aliphatic heterocycles. The predicted octanol–water partition coefficient (Wildman–Crippen LogP) is 1.99. The quantitative estimate of drug-likeness (QED) is 0.906. The van der Waals surface area contributed by atoms with Crippen molar-refractivity contribution in [2.75, 3.05) is 18.9 Å². The number of anilines is 1. The number of para-hydroxylation sites is 1. The Morgan fingerprint density at radius 3 is 2.89 bits per heavy atom. The van der Waals surface area contributed by atoms with E-state index in [1.165, 1.54) is 17.0 Å². The van der Waals surface area contributed by atoms with Crippen LogP contribution in [-0.4, -0.2) is 36.6 Å². The highest BCUT2D eigenvalue weighted by Gasteiger charge is 2.28. The molecule has 1 heterocycles. The summed E-state index contributed by atoms with van der Waals surface area (Å²) < 4.78 is 18.3. The molecule has 19 heavy (non-hydrogen) atoms. The molecule has 0 spiro atoms. The number of nitrogens with one attached hydrogen (secondary N) is 1. The van der Waals surface area contributed by atoms with Crippen molar-refractivity contribution in [2.24, 2.45) is 0 Å². The monoisotopic (exact) mass is 266 g/mol. The Kier molecular flexibility index (Phi) is 3.99. The molecule has 2 rings (SSSR count). The zero-order chi connectivity index (χ0) is 13.8. The molecule has 1 atom stereocenters. The fourth-order valence-corrected chi connectivity index (χ4v) is 1.87. The van der Waals surface area contributed by atoms with Crippen LogP contribution in [0, 0.1) is 5.82 Å². The van der Waals surface area contributed by atoms with Crippen molar-refractivity contribution in [1.29, 1.82) is 0 Å². The molecule has 1 fully saturated rings. The van der Waals surface area contributed by atoms with E-state index in [0.717, 1.165) is 0 Å². The molecule has 5 nitrogen and oxygen atoms in total. The number of ether oxygens (including phenoxy) is 1. The molecular formula is C13H15FN2O3. The van der Waals surface area contributed by atoms with Gasteiger partial charge in [-0.15, -0.1) is 0 Å².